The maximum absolute atomic E-state index is 12.9. The number of carbonyl (C=O) groups is 2. The molecule has 4 bridgehead atoms. The predicted molar refractivity (Wildman–Crippen MR) is 128 cm³/mol. The van der Waals surface area contributed by atoms with Crippen molar-refractivity contribution in [3.63, 3.8) is 0 Å². The fraction of sp³-hybridized carbons (Fsp3) is 0.520. The second kappa shape index (κ2) is 9.98. The second-order valence-corrected chi connectivity index (χ2v) is 9.66. The van der Waals surface area contributed by atoms with Gasteiger partial charge in [-0.15, -0.1) is 0 Å². The Morgan fingerprint density at radius 2 is 2.09 bits per heavy atom. The number of nitrogens with zero attached hydrogens (tertiary/aromatic N) is 1. The standard InChI is InChI=1S/C25H31ClN2O6/c1-15-6-4-5-9-25(31)14-17(33-24(30)27-25)13-20-19(34-20)7-8-22(29)28(2)18-11-16(10-15)12-21(32-3)23(18)26/h4-6,11-12,17,19-20,31H,7-10,13-14H2,1-3H3,(H,27,30)/b5-4+,15-6+/t17?,19-,20?,25+/m0/s1. The van der Waals surface area contributed by atoms with E-state index in [1.54, 1.807) is 19.1 Å². The fourth-order valence-electron chi connectivity index (χ4n) is 4.58. The summed E-state index contributed by atoms with van der Waals surface area (Å²) in [5, 5.41) is 13.8. The third-order valence-electron chi connectivity index (χ3n) is 6.49. The van der Waals surface area contributed by atoms with Gasteiger partial charge in [-0.1, -0.05) is 35.4 Å². The number of carbonyl (C=O) groups excluding carboxylic acids is 2. The summed E-state index contributed by atoms with van der Waals surface area (Å²) in [7, 11) is 3.26. The molecule has 0 radical (unpaired) electrons. The first kappa shape index (κ1) is 24.6. The molecule has 0 spiro atoms. The van der Waals surface area contributed by atoms with Crippen molar-refractivity contribution in [3.05, 3.63) is 46.5 Å². The normalized spacial score (nSPS) is 32.6. The average Bonchev–Trinajstić information content (AvgIpc) is 3.51. The van der Waals surface area contributed by atoms with Gasteiger partial charge in [0.05, 0.1) is 25.0 Å². The number of hydrogen-bond donors (Lipinski definition) is 2. The molecule has 2 fully saturated rings. The number of amides is 2. The lowest BCUT2D eigenvalue weighted by molar-refractivity contribution is -0.118. The average molecular weight is 491 g/mol. The first-order valence-electron chi connectivity index (χ1n) is 11.5. The Morgan fingerprint density at radius 1 is 1.29 bits per heavy atom. The Labute approximate surface area is 204 Å². The molecule has 1 aromatic rings. The summed E-state index contributed by atoms with van der Waals surface area (Å²) in [6.07, 6.45) is 6.86. The monoisotopic (exact) mass is 490 g/mol. The number of methoxy groups -OCH3 is 1. The van der Waals surface area contributed by atoms with Crippen molar-refractivity contribution in [2.24, 2.45) is 0 Å². The molecule has 2 amide bonds. The molecule has 1 aromatic carbocycles. The molecule has 4 atom stereocenters. The summed E-state index contributed by atoms with van der Waals surface area (Å²) >= 11 is 6.54. The molecule has 0 aromatic heterocycles. The number of halogens is 1. The highest BCUT2D eigenvalue weighted by molar-refractivity contribution is 6.35. The van der Waals surface area contributed by atoms with Crippen LogP contribution in [0.15, 0.2) is 35.9 Å². The number of hydrogen-bond acceptors (Lipinski definition) is 6. The van der Waals surface area contributed by atoms with Gasteiger partial charge in [-0.25, -0.2) is 4.79 Å². The van der Waals surface area contributed by atoms with Gasteiger partial charge in [0.15, 0.2) is 0 Å². The number of allylic oxidation sites excluding steroid dienone is 3. The lowest BCUT2D eigenvalue weighted by Gasteiger charge is -2.36. The Balaban J connectivity index is 1.61. The van der Waals surface area contributed by atoms with Crippen LogP contribution in [0.25, 0.3) is 0 Å². The topological polar surface area (TPSA) is 101 Å². The van der Waals surface area contributed by atoms with Gasteiger partial charge in [0.1, 0.15) is 22.6 Å². The third-order valence-corrected chi connectivity index (χ3v) is 6.87. The molecule has 2 N–H and O–H groups in total. The number of ether oxygens (including phenoxy) is 3. The van der Waals surface area contributed by atoms with Gasteiger partial charge in [0.25, 0.3) is 0 Å². The van der Waals surface area contributed by atoms with Crippen LogP contribution in [0, 0.1) is 0 Å². The number of benzene rings is 1. The van der Waals surface area contributed by atoms with Crippen molar-refractivity contribution in [3.8, 4) is 5.75 Å². The molecule has 3 aliphatic heterocycles. The minimum Gasteiger partial charge on any atom is -0.495 e. The van der Waals surface area contributed by atoms with E-state index >= 15 is 0 Å². The lowest BCUT2D eigenvalue weighted by Crippen LogP contribution is -2.56. The molecule has 4 rings (SSSR count). The highest BCUT2D eigenvalue weighted by Gasteiger charge is 2.45. The quantitative estimate of drug-likeness (QED) is 0.579. The highest BCUT2D eigenvalue weighted by Crippen LogP contribution is 2.38. The van der Waals surface area contributed by atoms with Crippen LogP contribution in [-0.2, 0) is 20.7 Å². The number of alkyl carbamates (subject to hydrolysis) is 1. The van der Waals surface area contributed by atoms with Crippen LogP contribution < -0.4 is 15.0 Å². The highest BCUT2D eigenvalue weighted by atomic mass is 35.5. The van der Waals surface area contributed by atoms with E-state index in [1.165, 1.54) is 0 Å². The van der Waals surface area contributed by atoms with Crippen molar-refractivity contribution >= 4 is 29.3 Å². The predicted octanol–water partition coefficient (Wildman–Crippen LogP) is 3.88. The maximum atomic E-state index is 12.9. The van der Waals surface area contributed by atoms with Crippen LogP contribution in [0.5, 0.6) is 5.75 Å². The number of aliphatic hydroxyl groups is 1. The smallest absolute Gasteiger partial charge is 0.409 e. The third kappa shape index (κ3) is 5.74. The van der Waals surface area contributed by atoms with Gasteiger partial charge in [0.2, 0.25) is 5.91 Å². The Bertz CT molecular complexity index is 1020. The second-order valence-electron chi connectivity index (χ2n) is 9.28. The van der Waals surface area contributed by atoms with Gasteiger partial charge < -0.3 is 24.2 Å². The number of rotatable bonds is 1. The Morgan fingerprint density at radius 3 is 2.85 bits per heavy atom. The van der Waals surface area contributed by atoms with Crippen molar-refractivity contribution in [2.75, 3.05) is 19.1 Å². The molecule has 3 aliphatic rings. The summed E-state index contributed by atoms with van der Waals surface area (Å²) in [6, 6.07) is 3.78. The van der Waals surface area contributed by atoms with Gasteiger partial charge >= 0.3 is 6.09 Å². The number of epoxide rings is 1. The van der Waals surface area contributed by atoms with Crippen molar-refractivity contribution < 1.29 is 28.9 Å². The summed E-state index contributed by atoms with van der Waals surface area (Å²) in [6.45, 7) is 2.00. The fourth-order valence-corrected chi connectivity index (χ4v) is 4.90. The maximum Gasteiger partial charge on any atom is 0.409 e. The van der Waals surface area contributed by atoms with Gasteiger partial charge in [0, 0.05) is 32.7 Å². The van der Waals surface area contributed by atoms with Crippen molar-refractivity contribution in [2.45, 2.75) is 69.5 Å². The van der Waals surface area contributed by atoms with E-state index < -0.39 is 17.9 Å². The molecular weight excluding hydrogens is 460 g/mol. The van der Waals surface area contributed by atoms with Crippen LogP contribution in [-0.4, -0.2) is 55.3 Å². The van der Waals surface area contributed by atoms with Crippen LogP contribution in [0.2, 0.25) is 5.02 Å². The van der Waals surface area contributed by atoms with E-state index in [1.807, 2.05) is 37.3 Å². The van der Waals surface area contributed by atoms with E-state index in [0.29, 0.717) is 42.1 Å². The molecule has 0 aliphatic carbocycles. The van der Waals surface area contributed by atoms with Gasteiger partial charge in [-0.3, -0.25) is 10.1 Å². The number of fused-ring (bicyclic) bond motifs is 5. The summed E-state index contributed by atoms with van der Waals surface area (Å²) in [5.74, 6) is 0.435. The summed E-state index contributed by atoms with van der Waals surface area (Å²) in [4.78, 5) is 26.5. The first-order chi connectivity index (χ1) is 16.2. The van der Waals surface area contributed by atoms with E-state index in [0.717, 1.165) is 11.1 Å². The summed E-state index contributed by atoms with van der Waals surface area (Å²) in [5.41, 5.74) is 1.25. The molecule has 0 saturated carbocycles. The van der Waals surface area contributed by atoms with Crippen molar-refractivity contribution in [1.29, 1.82) is 0 Å². The zero-order chi connectivity index (χ0) is 24.5. The Kier molecular flexibility index (Phi) is 7.21. The zero-order valence-electron chi connectivity index (χ0n) is 19.7. The first-order valence-corrected chi connectivity index (χ1v) is 11.9. The molecule has 3 heterocycles. The van der Waals surface area contributed by atoms with Gasteiger partial charge in [-0.2, -0.15) is 0 Å². The van der Waals surface area contributed by atoms with E-state index in [9.17, 15) is 14.7 Å². The van der Waals surface area contributed by atoms with Crippen LogP contribution in [0.4, 0.5) is 10.5 Å². The molecular formula is C25H31ClN2O6. The molecule has 184 valence electrons. The lowest BCUT2D eigenvalue weighted by atomic mass is 9.96. The zero-order valence-corrected chi connectivity index (χ0v) is 20.4. The largest absolute Gasteiger partial charge is 0.495 e. The van der Waals surface area contributed by atoms with E-state index in [4.69, 9.17) is 25.8 Å². The molecule has 8 nitrogen and oxygen atoms in total. The minimum atomic E-state index is -1.37. The van der Waals surface area contributed by atoms with Crippen LogP contribution in [0.3, 0.4) is 0 Å². The van der Waals surface area contributed by atoms with Crippen molar-refractivity contribution in [1.82, 2.24) is 5.32 Å². The SMILES string of the molecule is COc1cc2cc(c1Cl)N(C)C(=O)CC[C@@H]1OC1CC1C[C@](O)(C/C=C/C=C(\C)C2)NC(=O)O1. The van der Waals surface area contributed by atoms with Crippen LogP contribution >= 0.6 is 11.6 Å². The van der Waals surface area contributed by atoms with E-state index in [2.05, 4.69) is 5.32 Å². The Hall–Kier alpha value is -2.55. The van der Waals surface area contributed by atoms with Gasteiger partial charge in [-0.05, 0) is 37.5 Å². The number of nitrogens with one attached hydrogen (secondary N) is 1. The van der Waals surface area contributed by atoms with E-state index in [-0.39, 0.29) is 31.0 Å². The number of anilines is 1. The molecule has 2 unspecified atom stereocenters. The van der Waals surface area contributed by atoms with Crippen LogP contribution in [0.1, 0.15) is 44.6 Å². The summed E-state index contributed by atoms with van der Waals surface area (Å²) < 4.78 is 16.5. The minimum absolute atomic E-state index is 0.0777. The molecule has 34 heavy (non-hydrogen) atoms. The molecule has 2 saturated heterocycles. The molecule has 9 heteroatoms.